The second-order valence-corrected chi connectivity index (χ2v) is 9.81. The van der Waals surface area contributed by atoms with E-state index in [1.807, 2.05) is 18.2 Å². The average molecular weight is 563 g/mol. The maximum Gasteiger partial charge on any atom is 0.279 e. The molecule has 0 saturated heterocycles. The molecule has 4 aromatic rings. The van der Waals surface area contributed by atoms with E-state index in [-0.39, 0.29) is 23.4 Å². The summed E-state index contributed by atoms with van der Waals surface area (Å²) in [6.07, 6.45) is 10.2. The number of ether oxygens (including phenoxy) is 3. The van der Waals surface area contributed by atoms with Gasteiger partial charge < -0.3 is 19.5 Å². The van der Waals surface area contributed by atoms with Gasteiger partial charge in [0.25, 0.3) is 5.19 Å². The first-order chi connectivity index (χ1) is 19.5. The summed E-state index contributed by atoms with van der Waals surface area (Å²) in [5, 5.41) is 5.81. The Balaban J connectivity index is 1.36. The molecule has 0 radical (unpaired) electrons. The lowest BCUT2D eigenvalue weighted by molar-refractivity contribution is 0.185. The maximum absolute atomic E-state index is 15.2. The van der Waals surface area contributed by atoms with E-state index in [9.17, 15) is 4.39 Å². The van der Waals surface area contributed by atoms with Gasteiger partial charge in [0.05, 0.1) is 30.1 Å². The maximum atomic E-state index is 15.2. The van der Waals surface area contributed by atoms with Crippen LogP contribution >= 0.6 is 11.3 Å². The molecule has 0 atom stereocenters. The molecule has 1 N–H and O–H groups in total. The standard InChI is InChI=1S/C30H28F2N4O3S/c1-4-20(5-2)38-28-14-22-25(15-27(28)37-3)33-17-34-29(22)35-24-11-10-21(13-23(24)32)39-30-36-26(16-40-30)18-8-6-7-9-19(31)12-18/h6,8-17,20H,4-5,7H2,1-3H3,(H,33,34,35). The summed E-state index contributed by atoms with van der Waals surface area (Å²) in [7, 11) is 1.58. The second kappa shape index (κ2) is 12.3. The van der Waals surface area contributed by atoms with Crippen molar-refractivity contribution in [1.29, 1.82) is 0 Å². The number of methoxy groups -OCH3 is 1. The minimum Gasteiger partial charge on any atom is -0.493 e. The van der Waals surface area contributed by atoms with Crippen molar-refractivity contribution >= 4 is 39.3 Å². The van der Waals surface area contributed by atoms with Gasteiger partial charge in [0.15, 0.2) is 11.5 Å². The van der Waals surface area contributed by atoms with Gasteiger partial charge in [-0.25, -0.2) is 23.7 Å². The number of fused-ring (bicyclic) bond motifs is 1. The van der Waals surface area contributed by atoms with Crippen LogP contribution in [0.5, 0.6) is 22.4 Å². The number of nitrogens with zero attached hydrogens (tertiary/aromatic N) is 3. The van der Waals surface area contributed by atoms with Crippen LogP contribution in [-0.2, 0) is 0 Å². The zero-order chi connectivity index (χ0) is 28.1. The Morgan fingerprint density at radius 1 is 1.07 bits per heavy atom. The number of rotatable bonds is 10. The third-order valence-corrected chi connectivity index (χ3v) is 7.06. The first-order valence-electron chi connectivity index (χ1n) is 12.9. The van der Waals surface area contributed by atoms with Gasteiger partial charge in [-0.05, 0) is 49.6 Å². The molecule has 1 aliphatic carbocycles. The van der Waals surface area contributed by atoms with Crippen molar-refractivity contribution in [2.24, 2.45) is 0 Å². The average Bonchev–Trinajstić information content (AvgIpc) is 3.31. The van der Waals surface area contributed by atoms with Crippen molar-refractivity contribution in [3.63, 3.8) is 0 Å². The monoisotopic (exact) mass is 562 g/mol. The molecule has 0 bridgehead atoms. The molecule has 206 valence electrons. The summed E-state index contributed by atoms with van der Waals surface area (Å²) in [5.41, 5.74) is 2.06. The van der Waals surface area contributed by atoms with Crippen LogP contribution in [0.4, 0.5) is 20.3 Å². The zero-order valence-electron chi connectivity index (χ0n) is 22.3. The van der Waals surface area contributed by atoms with Crippen molar-refractivity contribution in [2.75, 3.05) is 12.4 Å². The van der Waals surface area contributed by atoms with Crippen LogP contribution in [-0.4, -0.2) is 28.2 Å². The molecule has 5 rings (SSSR count). The number of halogens is 2. The van der Waals surface area contributed by atoms with Crippen molar-refractivity contribution in [3.8, 4) is 22.4 Å². The lowest BCUT2D eigenvalue weighted by Crippen LogP contribution is -2.14. The fourth-order valence-corrected chi connectivity index (χ4v) is 4.86. The van der Waals surface area contributed by atoms with E-state index in [1.54, 1.807) is 30.7 Å². The van der Waals surface area contributed by atoms with E-state index in [0.717, 1.165) is 12.8 Å². The second-order valence-electron chi connectivity index (χ2n) is 8.99. The molecule has 2 aromatic heterocycles. The number of aromatic nitrogens is 3. The number of nitrogens with one attached hydrogen (secondary N) is 1. The van der Waals surface area contributed by atoms with Crippen LogP contribution in [0.25, 0.3) is 16.5 Å². The third kappa shape index (κ3) is 6.12. The highest BCUT2D eigenvalue weighted by Gasteiger charge is 2.16. The van der Waals surface area contributed by atoms with Gasteiger partial charge in [-0.1, -0.05) is 37.3 Å². The summed E-state index contributed by atoms with van der Waals surface area (Å²) in [6.45, 7) is 4.12. The molecule has 2 aromatic carbocycles. The summed E-state index contributed by atoms with van der Waals surface area (Å²) in [6, 6.07) is 8.05. The number of hydrogen-bond acceptors (Lipinski definition) is 8. The molecule has 0 fully saturated rings. The smallest absolute Gasteiger partial charge is 0.279 e. The van der Waals surface area contributed by atoms with Gasteiger partial charge in [-0.15, -0.1) is 0 Å². The van der Waals surface area contributed by atoms with Crippen molar-refractivity contribution in [1.82, 2.24) is 15.0 Å². The molecule has 0 saturated carbocycles. The summed E-state index contributed by atoms with van der Waals surface area (Å²) >= 11 is 1.24. The lowest BCUT2D eigenvalue weighted by Gasteiger charge is -2.19. The SMILES string of the molecule is CCC(CC)Oc1cc2c(Nc3ccc(Oc4nc(C5=CC(F)=CCC=C5)cs4)cc3F)ncnc2cc1OC. The molecule has 0 unspecified atom stereocenters. The zero-order valence-corrected chi connectivity index (χ0v) is 23.1. The Labute approximate surface area is 234 Å². The molecule has 1 aliphatic rings. The minimum absolute atomic E-state index is 0.0321. The Hall–Kier alpha value is -4.31. The van der Waals surface area contributed by atoms with Gasteiger partial charge in [-0.3, -0.25) is 0 Å². The van der Waals surface area contributed by atoms with Crippen molar-refractivity contribution in [3.05, 3.63) is 83.7 Å². The van der Waals surface area contributed by atoms with E-state index in [4.69, 9.17) is 14.2 Å². The molecule has 0 aliphatic heterocycles. The molecule has 2 heterocycles. The van der Waals surface area contributed by atoms with E-state index in [2.05, 4.69) is 34.1 Å². The Bertz CT molecular complexity index is 1610. The molecule has 0 amide bonds. The first kappa shape index (κ1) is 27.3. The Morgan fingerprint density at radius 3 is 2.70 bits per heavy atom. The van der Waals surface area contributed by atoms with Gasteiger partial charge in [0.1, 0.15) is 29.5 Å². The van der Waals surface area contributed by atoms with Crippen molar-refractivity contribution in [2.45, 2.75) is 39.2 Å². The van der Waals surface area contributed by atoms with Crippen LogP contribution in [0, 0.1) is 5.82 Å². The van der Waals surface area contributed by atoms with E-state index < -0.39 is 5.82 Å². The highest BCUT2D eigenvalue weighted by molar-refractivity contribution is 7.11. The molecule has 40 heavy (non-hydrogen) atoms. The van der Waals surface area contributed by atoms with Crippen LogP contribution in [0.1, 0.15) is 38.8 Å². The van der Waals surface area contributed by atoms with Crippen LogP contribution in [0.3, 0.4) is 0 Å². The highest BCUT2D eigenvalue weighted by atomic mass is 32.1. The molecular formula is C30H28F2N4O3S. The third-order valence-electron chi connectivity index (χ3n) is 6.34. The topological polar surface area (TPSA) is 78.4 Å². The van der Waals surface area contributed by atoms with E-state index in [0.29, 0.717) is 51.1 Å². The van der Waals surface area contributed by atoms with Crippen LogP contribution in [0.2, 0.25) is 0 Å². The van der Waals surface area contributed by atoms with E-state index in [1.165, 1.54) is 35.9 Å². The predicted octanol–water partition coefficient (Wildman–Crippen LogP) is 8.53. The number of hydrogen-bond donors (Lipinski definition) is 1. The fraction of sp³-hybridized carbons (Fsp3) is 0.233. The van der Waals surface area contributed by atoms with Crippen LogP contribution in [0.15, 0.2) is 72.2 Å². The summed E-state index contributed by atoms with van der Waals surface area (Å²) in [5.74, 6) is 0.983. The van der Waals surface area contributed by atoms with Gasteiger partial charge >= 0.3 is 0 Å². The quantitative estimate of drug-likeness (QED) is 0.207. The largest absolute Gasteiger partial charge is 0.493 e. The van der Waals surface area contributed by atoms with Crippen LogP contribution < -0.4 is 19.5 Å². The Kier molecular flexibility index (Phi) is 8.35. The number of allylic oxidation sites excluding steroid dienone is 6. The van der Waals surface area contributed by atoms with Gasteiger partial charge in [0, 0.05) is 28.5 Å². The predicted molar refractivity (Wildman–Crippen MR) is 154 cm³/mol. The van der Waals surface area contributed by atoms with Crippen molar-refractivity contribution < 1.29 is 23.0 Å². The fourth-order valence-electron chi connectivity index (χ4n) is 4.17. The number of benzene rings is 2. The normalized spacial score (nSPS) is 13.2. The minimum atomic E-state index is -0.537. The summed E-state index contributed by atoms with van der Waals surface area (Å²) in [4.78, 5) is 13.1. The van der Waals surface area contributed by atoms with Gasteiger partial charge in [-0.2, -0.15) is 0 Å². The molecule has 7 nitrogen and oxygen atoms in total. The number of thiazole rings is 1. The Morgan fingerprint density at radius 2 is 1.93 bits per heavy atom. The summed E-state index contributed by atoms with van der Waals surface area (Å²) < 4.78 is 46.5. The van der Waals surface area contributed by atoms with Gasteiger partial charge in [0.2, 0.25) is 0 Å². The lowest BCUT2D eigenvalue weighted by atomic mass is 10.1. The first-order valence-corrected chi connectivity index (χ1v) is 13.8. The molecular weight excluding hydrogens is 534 g/mol. The van der Waals surface area contributed by atoms with E-state index >= 15 is 4.39 Å². The number of anilines is 2. The molecule has 0 spiro atoms. The molecule has 10 heteroatoms. The highest BCUT2D eigenvalue weighted by Crippen LogP contribution is 2.37.